The molecular weight excluding hydrogens is 269 g/mol. The predicted molar refractivity (Wildman–Crippen MR) is 93.4 cm³/mol. The van der Waals surface area contributed by atoms with E-state index in [-0.39, 0.29) is 5.31 Å². The zero-order valence-corrected chi connectivity index (χ0v) is 15.1. The molecule has 3 unspecified atom stereocenters. The van der Waals surface area contributed by atoms with Crippen molar-refractivity contribution in [3.8, 4) is 0 Å². The molecule has 1 saturated carbocycles. The van der Waals surface area contributed by atoms with Crippen LogP contribution >= 0.6 is 0 Å². The molecule has 0 aromatic heterocycles. The second-order valence-corrected chi connectivity index (χ2v) is 8.90. The third kappa shape index (κ3) is 2.77. The Bertz CT molecular complexity index is 393. The summed E-state index contributed by atoms with van der Waals surface area (Å²) in [7, 11) is 6.74. The topological polar surface area (TPSA) is 12.5 Å². The van der Waals surface area contributed by atoms with Gasteiger partial charge in [0.1, 0.15) is 0 Å². The number of rotatable bonds is 2. The minimum Gasteiger partial charge on any atom is -0.377 e. The smallest absolute Gasteiger partial charge is 0.0749 e. The quantitative estimate of drug-likeness (QED) is 0.709. The monoisotopic (exact) mass is 303 g/mol. The molecule has 3 rings (SSSR count). The molecule has 2 radical (unpaired) electrons. The molecule has 0 bridgehead atoms. The molecule has 1 aliphatic carbocycles. The molecule has 0 N–H and O–H groups in total. The van der Waals surface area contributed by atoms with Crippen LogP contribution in [-0.2, 0) is 4.74 Å². The fourth-order valence-corrected chi connectivity index (χ4v) is 5.42. The molecule has 2 saturated heterocycles. The Kier molecular flexibility index (Phi) is 4.69. The van der Waals surface area contributed by atoms with E-state index in [4.69, 9.17) is 12.6 Å². The summed E-state index contributed by atoms with van der Waals surface area (Å²) in [4.78, 5) is 2.85. The second kappa shape index (κ2) is 6.13. The zero-order chi connectivity index (χ0) is 16.0. The average molecular weight is 303 g/mol. The lowest BCUT2D eigenvalue weighted by Gasteiger charge is -2.60. The van der Waals surface area contributed by atoms with Gasteiger partial charge in [0.2, 0.25) is 0 Å². The van der Waals surface area contributed by atoms with Crippen molar-refractivity contribution in [1.82, 2.24) is 4.90 Å². The van der Waals surface area contributed by atoms with Crippen LogP contribution in [0.4, 0.5) is 0 Å². The van der Waals surface area contributed by atoms with Crippen LogP contribution in [0.25, 0.3) is 0 Å². The highest BCUT2D eigenvalue weighted by Gasteiger charge is 2.52. The van der Waals surface area contributed by atoms with Crippen molar-refractivity contribution in [3.63, 3.8) is 0 Å². The van der Waals surface area contributed by atoms with E-state index in [1.807, 2.05) is 0 Å². The number of hydrogen-bond acceptors (Lipinski definition) is 2. The van der Waals surface area contributed by atoms with Crippen molar-refractivity contribution in [1.29, 1.82) is 0 Å². The van der Waals surface area contributed by atoms with Gasteiger partial charge in [-0.1, -0.05) is 38.4 Å². The fraction of sp³-hybridized carbons (Fsp3) is 1.00. The third-order valence-electron chi connectivity index (χ3n) is 7.00. The third-order valence-corrected chi connectivity index (χ3v) is 7.00. The van der Waals surface area contributed by atoms with Crippen LogP contribution in [0.2, 0.25) is 5.31 Å². The van der Waals surface area contributed by atoms with Gasteiger partial charge in [0.05, 0.1) is 26.6 Å². The van der Waals surface area contributed by atoms with E-state index >= 15 is 0 Å². The highest BCUT2D eigenvalue weighted by molar-refractivity contribution is 6.15. The molecule has 2 nitrogen and oxygen atoms in total. The first-order chi connectivity index (χ1) is 10.4. The summed E-state index contributed by atoms with van der Waals surface area (Å²) in [6.45, 7) is 11.3. The summed E-state index contributed by atoms with van der Waals surface area (Å²) in [6.07, 6.45) is 9.05. The normalized spacial score (nSPS) is 39.4. The van der Waals surface area contributed by atoms with Crippen molar-refractivity contribution < 1.29 is 4.74 Å². The Morgan fingerprint density at radius 2 is 1.68 bits per heavy atom. The van der Waals surface area contributed by atoms with E-state index in [1.165, 1.54) is 44.9 Å². The predicted octanol–water partition coefficient (Wildman–Crippen LogP) is 4.19. The van der Waals surface area contributed by atoms with Gasteiger partial charge < -0.3 is 4.74 Å². The molecule has 0 aromatic carbocycles. The van der Waals surface area contributed by atoms with E-state index in [1.54, 1.807) is 0 Å². The molecule has 1 spiro atoms. The van der Waals surface area contributed by atoms with Gasteiger partial charge in [0.25, 0.3) is 0 Å². The van der Waals surface area contributed by atoms with Crippen molar-refractivity contribution >= 4 is 7.85 Å². The lowest BCUT2D eigenvalue weighted by molar-refractivity contribution is -0.196. The number of hydrogen-bond donors (Lipinski definition) is 0. The van der Waals surface area contributed by atoms with Crippen LogP contribution in [0.5, 0.6) is 0 Å². The van der Waals surface area contributed by atoms with Crippen molar-refractivity contribution in [2.75, 3.05) is 13.2 Å². The summed E-state index contributed by atoms with van der Waals surface area (Å²) in [5.41, 5.74) is 0.367. The number of ether oxygens (including phenoxy) is 1. The maximum absolute atomic E-state index is 6.74. The van der Waals surface area contributed by atoms with E-state index in [0.29, 0.717) is 17.5 Å². The maximum Gasteiger partial charge on any atom is 0.0749 e. The Morgan fingerprint density at radius 3 is 2.23 bits per heavy atom. The van der Waals surface area contributed by atoms with Crippen molar-refractivity contribution in [3.05, 3.63) is 0 Å². The lowest BCUT2D eigenvalue weighted by atomic mass is 9.54. The SMILES string of the molecule is [B]C1(C(C)C)CCCC2C(CC1)CCC1(COC1)N2C(C)C. The van der Waals surface area contributed by atoms with Gasteiger partial charge in [0.15, 0.2) is 0 Å². The van der Waals surface area contributed by atoms with Crippen LogP contribution in [0.15, 0.2) is 0 Å². The first-order valence-electron chi connectivity index (χ1n) is 9.53. The van der Waals surface area contributed by atoms with Crippen LogP contribution < -0.4 is 0 Å². The summed E-state index contributed by atoms with van der Waals surface area (Å²) < 4.78 is 5.63. The van der Waals surface area contributed by atoms with Gasteiger partial charge in [-0.15, -0.1) is 0 Å². The summed E-state index contributed by atoms with van der Waals surface area (Å²) in [6, 6.07) is 1.39. The molecule has 124 valence electrons. The minimum atomic E-state index is 0.0718. The Labute approximate surface area is 138 Å². The summed E-state index contributed by atoms with van der Waals surface area (Å²) in [5, 5.41) is 0.0718. The van der Waals surface area contributed by atoms with Gasteiger partial charge >= 0.3 is 0 Å². The molecule has 0 amide bonds. The molecule has 2 heterocycles. The first kappa shape index (κ1) is 16.8. The summed E-state index contributed by atoms with van der Waals surface area (Å²) >= 11 is 0. The molecule has 2 aliphatic heterocycles. The van der Waals surface area contributed by atoms with Gasteiger partial charge in [-0.3, -0.25) is 4.90 Å². The van der Waals surface area contributed by atoms with Crippen LogP contribution in [0.1, 0.15) is 72.6 Å². The van der Waals surface area contributed by atoms with E-state index in [2.05, 4.69) is 32.6 Å². The molecule has 3 atom stereocenters. The van der Waals surface area contributed by atoms with E-state index in [0.717, 1.165) is 25.2 Å². The van der Waals surface area contributed by atoms with Crippen molar-refractivity contribution in [2.24, 2.45) is 11.8 Å². The molecule has 3 fully saturated rings. The minimum absolute atomic E-state index is 0.0718. The second-order valence-electron chi connectivity index (χ2n) is 8.90. The van der Waals surface area contributed by atoms with Crippen molar-refractivity contribution in [2.45, 2.75) is 95.6 Å². The fourth-order valence-electron chi connectivity index (χ4n) is 5.42. The van der Waals surface area contributed by atoms with Gasteiger partial charge in [-0.25, -0.2) is 0 Å². The Morgan fingerprint density at radius 1 is 1.00 bits per heavy atom. The highest BCUT2D eigenvalue weighted by Crippen LogP contribution is 2.50. The zero-order valence-electron chi connectivity index (χ0n) is 15.1. The van der Waals surface area contributed by atoms with Gasteiger partial charge in [-0.05, 0) is 51.4 Å². The number of piperidine rings is 1. The van der Waals surface area contributed by atoms with Crippen LogP contribution in [0, 0.1) is 11.8 Å². The largest absolute Gasteiger partial charge is 0.377 e. The standard InChI is InChI=1S/C19H34BNO/c1-14(2)19(20)9-5-6-17-16(8-11-19)7-10-18(12-22-13-18)21(17)15(3)4/h14-17H,5-13H2,1-4H3. The van der Waals surface area contributed by atoms with E-state index < -0.39 is 0 Å². The number of likely N-dealkylation sites (tertiary alicyclic amines) is 1. The maximum atomic E-state index is 6.74. The molecule has 3 heteroatoms. The van der Waals surface area contributed by atoms with Crippen LogP contribution in [0.3, 0.4) is 0 Å². The Hall–Kier alpha value is -0.0151. The molecule has 22 heavy (non-hydrogen) atoms. The molecule has 0 aromatic rings. The molecule has 3 aliphatic rings. The lowest BCUT2D eigenvalue weighted by Crippen LogP contribution is -2.70. The number of fused-ring (bicyclic) bond motifs is 1. The molecular formula is C19H34BNO. The highest BCUT2D eigenvalue weighted by atomic mass is 16.5. The number of nitrogens with zero attached hydrogens (tertiary/aromatic N) is 1. The Balaban J connectivity index is 1.77. The van der Waals surface area contributed by atoms with Crippen LogP contribution in [-0.4, -0.2) is 43.6 Å². The van der Waals surface area contributed by atoms with Gasteiger partial charge in [-0.2, -0.15) is 0 Å². The first-order valence-corrected chi connectivity index (χ1v) is 9.53. The van der Waals surface area contributed by atoms with E-state index in [9.17, 15) is 0 Å². The average Bonchev–Trinajstić information content (AvgIpc) is 2.40. The van der Waals surface area contributed by atoms with Gasteiger partial charge in [0, 0.05) is 12.1 Å². The summed E-state index contributed by atoms with van der Waals surface area (Å²) in [5.74, 6) is 1.44.